The molecular formula is C13H23NSi. The summed E-state index contributed by atoms with van der Waals surface area (Å²) in [6, 6.07) is 9.41. The minimum Gasteiger partial charge on any atom is -0.303 e. The summed E-state index contributed by atoms with van der Waals surface area (Å²) in [6.45, 7) is 9.51. The summed E-state index contributed by atoms with van der Waals surface area (Å²) in [4.78, 5) is 2.28. The predicted octanol–water partition coefficient (Wildman–Crippen LogP) is 2.85. The lowest BCUT2D eigenvalue weighted by molar-refractivity contribution is 0.322. The van der Waals surface area contributed by atoms with Gasteiger partial charge in [0, 0.05) is 6.04 Å². The first kappa shape index (κ1) is 12.5. The SMILES string of the molecule is C[C@@H](c1ccccc1[Si](C)(C)C)N(C)C. The molecule has 0 saturated carbocycles. The van der Waals surface area contributed by atoms with E-state index in [1.807, 2.05) is 0 Å². The van der Waals surface area contributed by atoms with Gasteiger partial charge in [0.2, 0.25) is 0 Å². The van der Waals surface area contributed by atoms with Gasteiger partial charge in [0.25, 0.3) is 0 Å². The van der Waals surface area contributed by atoms with Gasteiger partial charge in [0.1, 0.15) is 0 Å². The molecule has 15 heavy (non-hydrogen) atoms. The number of benzene rings is 1. The molecule has 0 spiro atoms. The summed E-state index contributed by atoms with van der Waals surface area (Å²) < 4.78 is 0. The van der Waals surface area contributed by atoms with Crippen molar-refractivity contribution in [2.75, 3.05) is 14.1 Å². The van der Waals surface area contributed by atoms with Gasteiger partial charge < -0.3 is 4.90 Å². The maximum atomic E-state index is 2.41. The molecule has 84 valence electrons. The molecule has 0 heterocycles. The van der Waals surface area contributed by atoms with E-state index in [0.29, 0.717) is 6.04 Å². The fourth-order valence-electron chi connectivity index (χ4n) is 1.82. The van der Waals surface area contributed by atoms with E-state index >= 15 is 0 Å². The Morgan fingerprint density at radius 2 is 1.60 bits per heavy atom. The highest BCUT2D eigenvalue weighted by Gasteiger charge is 2.22. The average molecular weight is 221 g/mol. The molecule has 1 atom stereocenters. The molecule has 1 nitrogen and oxygen atoms in total. The Kier molecular flexibility index (Phi) is 3.74. The maximum absolute atomic E-state index is 2.41. The number of hydrogen-bond donors (Lipinski definition) is 0. The van der Waals surface area contributed by atoms with Crippen LogP contribution in [-0.4, -0.2) is 27.1 Å². The van der Waals surface area contributed by atoms with Gasteiger partial charge in [0.05, 0.1) is 8.07 Å². The second-order valence-corrected chi connectivity index (χ2v) is 10.5. The Hall–Kier alpha value is -0.603. The highest BCUT2D eigenvalue weighted by atomic mass is 28.3. The highest BCUT2D eigenvalue weighted by molar-refractivity contribution is 6.89. The Bertz CT molecular complexity index is 326. The normalized spacial score (nSPS) is 14.3. The molecule has 0 aliphatic heterocycles. The summed E-state index contributed by atoms with van der Waals surface area (Å²) in [6.07, 6.45) is 0. The molecule has 0 aliphatic rings. The van der Waals surface area contributed by atoms with Crippen molar-refractivity contribution in [3.8, 4) is 0 Å². The monoisotopic (exact) mass is 221 g/mol. The van der Waals surface area contributed by atoms with Crippen molar-refractivity contribution in [3.63, 3.8) is 0 Å². The van der Waals surface area contributed by atoms with E-state index in [2.05, 4.69) is 69.8 Å². The number of rotatable bonds is 3. The van der Waals surface area contributed by atoms with Crippen LogP contribution in [0.5, 0.6) is 0 Å². The van der Waals surface area contributed by atoms with Crippen LogP contribution in [0, 0.1) is 0 Å². The fourth-order valence-corrected chi connectivity index (χ4v) is 3.58. The van der Waals surface area contributed by atoms with E-state index in [9.17, 15) is 0 Å². The first-order valence-corrected chi connectivity index (χ1v) is 9.10. The van der Waals surface area contributed by atoms with Gasteiger partial charge in [-0.1, -0.05) is 49.1 Å². The molecule has 1 aromatic rings. The maximum Gasteiger partial charge on any atom is 0.0780 e. The highest BCUT2D eigenvalue weighted by Crippen LogP contribution is 2.18. The van der Waals surface area contributed by atoms with E-state index in [1.165, 1.54) is 5.56 Å². The molecule has 0 N–H and O–H groups in total. The van der Waals surface area contributed by atoms with E-state index in [0.717, 1.165) is 0 Å². The molecule has 0 radical (unpaired) electrons. The average Bonchev–Trinajstić information content (AvgIpc) is 2.15. The van der Waals surface area contributed by atoms with Crippen molar-refractivity contribution < 1.29 is 0 Å². The molecule has 0 aliphatic carbocycles. The van der Waals surface area contributed by atoms with Gasteiger partial charge in [-0.15, -0.1) is 0 Å². The quantitative estimate of drug-likeness (QED) is 0.710. The second kappa shape index (κ2) is 4.50. The zero-order valence-electron chi connectivity index (χ0n) is 10.8. The summed E-state index contributed by atoms with van der Waals surface area (Å²) in [5.41, 5.74) is 1.50. The van der Waals surface area contributed by atoms with Crippen molar-refractivity contribution in [2.45, 2.75) is 32.6 Å². The van der Waals surface area contributed by atoms with Gasteiger partial charge in [-0.25, -0.2) is 0 Å². The van der Waals surface area contributed by atoms with Crippen LogP contribution >= 0.6 is 0 Å². The first-order valence-electron chi connectivity index (χ1n) is 5.60. The van der Waals surface area contributed by atoms with Gasteiger partial charge in [-0.3, -0.25) is 0 Å². The summed E-state index contributed by atoms with van der Waals surface area (Å²) in [5, 5.41) is 1.59. The second-order valence-electron chi connectivity index (χ2n) is 5.48. The molecule has 0 aromatic heterocycles. The molecule has 1 aromatic carbocycles. The molecule has 0 bridgehead atoms. The third kappa shape index (κ3) is 2.92. The van der Waals surface area contributed by atoms with Gasteiger partial charge >= 0.3 is 0 Å². The van der Waals surface area contributed by atoms with Crippen LogP contribution in [0.1, 0.15) is 18.5 Å². The molecule has 0 unspecified atom stereocenters. The van der Waals surface area contributed by atoms with Crippen LogP contribution < -0.4 is 5.19 Å². The zero-order valence-corrected chi connectivity index (χ0v) is 11.8. The van der Waals surface area contributed by atoms with Crippen molar-refractivity contribution in [1.29, 1.82) is 0 Å². The van der Waals surface area contributed by atoms with Crippen molar-refractivity contribution in [2.24, 2.45) is 0 Å². The van der Waals surface area contributed by atoms with E-state index < -0.39 is 8.07 Å². The number of nitrogens with zero attached hydrogens (tertiary/aromatic N) is 1. The van der Waals surface area contributed by atoms with Crippen LogP contribution in [0.4, 0.5) is 0 Å². The molecular weight excluding hydrogens is 198 g/mol. The van der Waals surface area contributed by atoms with Crippen LogP contribution in [-0.2, 0) is 0 Å². The molecule has 1 rings (SSSR count). The lowest BCUT2D eigenvalue weighted by Gasteiger charge is -2.27. The Morgan fingerprint density at radius 3 is 2.07 bits per heavy atom. The smallest absolute Gasteiger partial charge is 0.0780 e. The van der Waals surface area contributed by atoms with E-state index in [1.54, 1.807) is 5.19 Å². The standard InChI is InChI=1S/C13H23NSi/c1-11(14(2)3)12-9-7-8-10-13(12)15(4,5)6/h7-11H,1-6H3/t11-/m0/s1. The van der Waals surface area contributed by atoms with E-state index in [4.69, 9.17) is 0 Å². The minimum atomic E-state index is -1.21. The fraction of sp³-hybridized carbons (Fsp3) is 0.538. The molecule has 0 saturated heterocycles. The van der Waals surface area contributed by atoms with Gasteiger partial charge in [-0.05, 0) is 26.6 Å². The summed E-state index contributed by atoms with van der Waals surface area (Å²) in [5.74, 6) is 0. The third-order valence-corrected chi connectivity index (χ3v) is 5.06. The van der Waals surface area contributed by atoms with Gasteiger partial charge in [0.15, 0.2) is 0 Å². The molecule has 0 amide bonds. The minimum absolute atomic E-state index is 0.507. The van der Waals surface area contributed by atoms with Crippen molar-refractivity contribution in [3.05, 3.63) is 29.8 Å². The number of hydrogen-bond acceptors (Lipinski definition) is 1. The largest absolute Gasteiger partial charge is 0.303 e. The zero-order chi connectivity index (χ0) is 11.6. The van der Waals surface area contributed by atoms with Crippen LogP contribution in [0.15, 0.2) is 24.3 Å². The van der Waals surface area contributed by atoms with E-state index in [-0.39, 0.29) is 0 Å². The third-order valence-electron chi connectivity index (χ3n) is 2.99. The predicted molar refractivity (Wildman–Crippen MR) is 71.5 cm³/mol. The topological polar surface area (TPSA) is 3.24 Å². The van der Waals surface area contributed by atoms with Crippen LogP contribution in [0.2, 0.25) is 19.6 Å². The van der Waals surface area contributed by atoms with Crippen molar-refractivity contribution in [1.82, 2.24) is 4.90 Å². The van der Waals surface area contributed by atoms with Crippen molar-refractivity contribution >= 4 is 13.3 Å². The Morgan fingerprint density at radius 1 is 1.07 bits per heavy atom. The van der Waals surface area contributed by atoms with Crippen LogP contribution in [0.25, 0.3) is 0 Å². The summed E-state index contributed by atoms with van der Waals surface area (Å²) >= 11 is 0. The van der Waals surface area contributed by atoms with Gasteiger partial charge in [-0.2, -0.15) is 0 Å². The first-order chi connectivity index (χ1) is 6.84. The Labute approximate surface area is 95.1 Å². The lowest BCUT2D eigenvalue weighted by Crippen LogP contribution is -2.41. The molecule has 0 fully saturated rings. The Balaban J connectivity index is 3.18. The van der Waals surface area contributed by atoms with Crippen LogP contribution in [0.3, 0.4) is 0 Å². The lowest BCUT2D eigenvalue weighted by atomic mass is 10.1. The summed E-state index contributed by atoms with van der Waals surface area (Å²) in [7, 11) is 3.08. The molecule has 2 heteroatoms.